The molecular weight excluding hydrogens is 334 g/mol. The topological polar surface area (TPSA) is 73.2 Å². The number of hydrogen-bond acceptors (Lipinski definition) is 4. The summed E-state index contributed by atoms with van der Waals surface area (Å²) in [6.45, 7) is 3.68. The molecule has 0 aromatic heterocycles. The highest BCUT2D eigenvalue weighted by Crippen LogP contribution is 2.29. The van der Waals surface area contributed by atoms with Crippen LogP contribution >= 0.6 is 0 Å². The highest BCUT2D eigenvalue weighted by molar-refractivity contribution is 7.89. The predicted octanol–water partition coefficient (Wildman–Crippen LogP) is 2.46. The van der Waals surface area contributed by atoms with Crippen molar-refractivity contribution in [1.82, 2.24) is 9.62 Å². The van der Waals surface area contributed by atoms with Gasteiger partial charge in [0.05, 0.1) is 22.6 Å². The van der Waals surface area contributed by atoms with Crippen molar-refractivity contribution in [2.24, 2.45) is 0 Å². The summed E-state index contributed by atoms with van der Waals surface area (Å²) in [4.78, 5) is 0.170. The number of rotatable bonds is 4. The zero-order valence-corrected chi connectivity index (χ0v) is 15.0. The fourth-order valence-corrected chi connectivity index (χ4v) is 4.75. The van der Waals surface area contributed by atoms with Gasteiger partial charge in [0.2, 0.25) is 10.0 Å². The largest absolute Gasteiger partial charge is 0.313 e. The van der Waals surface area contributed by atoms with Gasteiger partial charge in [-0.3, -0.25) is 0 Å². The van der Waals surface area contributed by atoms with Gasteiger partial charge in [0.25, 0.3) is 0 Å². The first-order chi connectivity index (χ1) is 12.1. The van der Waals surface area contributed by atoms with Gasteiger partial charge in [-0.25, -0.2) is 8.42 Å². The van der Waals surface area contributed by atoms with Crippen LogP contribution in [0.4, 0.5) is 0 Å². The lowest BCUT2D eigenvalue weighted by Gasteiger charge is -2.35. The second kappa shape index (κ2) is 7.36. The molecule has 6 heteroatoms. The van der Waals surface area contributed by atoms with E-state index in [-0.39, 0.29) is 10.9 Å². The van der Waals surface area contributed by atoms with Crippen molar-refractivity contribution in [2.75, 3.05) is 19.6 Å². The van der Waals surface area contributed by atoms with Crippen LogP contribution in [0, 0.1) is 11.3 Å². The summed E-state index contributed by atoms with van der Waals surface area (Å²) in [5, 5.41) is 12.3. The van der Waals surface area contributed by atoms with Crippen LogP contribution in [0.15, 0.2) is 53.4 Å². The van der Waals surface area contributed by atoms with E-state index in [1.165, 1.54) is 11.6 Å². The average molecular weight is 355 g/mol. The van der Waals surface area contributed by atoms with E-state index < -0.39 is 10.0 Å². The number of hydrogen-bond donors (Lipinski definition) is 1. The molecule has 1 fully saturated rings. The van der Waals surface area contributed by atoms with Crippen molar-refractivity contribution < 1.29 is 8.42 Å². The number of benzene rings is 2. The number of nitrogens with zero attached hydrogens (tertiary/aromatic N) is 2. The maximum Gasteiger partial charge on any atom is 0.243 e. The summed E-state index contributed by atoms with van der Waals surface area (Å²) in [5.74, 6) is 0. The van der Waals surface area contributed by atoms with Gasteiger partial charge < -0.3 is 5.32 Å². The average Bonchev–Trinajstić information content (AvgIpc) is 2.68. The molecule has 3 rings (SSSR count). The Morgan fingerprint density at radius 2 is 2.00 bits per heavy atom. The quantitative estimate of drug-likeness (QED) is 0.914. The van der Waals surface area contributed by atoms with Crippen molar-refractivity contribution in [3.8, 4) is 6.07 Å². The lowest BCUT2D eigenvalue weighted by atomic mass is 10.0. The van der Waals surface area contributed by atoms with Crippen LogP contribution in [-0.2, 0) is 16.4 Å². The Kier molecular flexibility index (Phi) is 5.19. The van der Waals surface area contributed by atoms with Gasteiger partial charge in [-0.2, -0.15) is 9.57 Å². The Balaban J connectivity index is 1.97. The normalized spacial score (nSPS) is 18.6. The number of piperazine rings is 1. The first-order valence-corrected chi connectivity index (χ1v) is 9.82. The molecule has 1 saturated heterocycles. The zero-order valence-electron chi connectivity index (χ0n) is 14.1. The van der Waals surface area contributed by atoms with Crippen LogP contribution < -0.4 is 5.32 Å². The molecular formula is C19H21N3O2S. The van der Waals surface area contributed by atoms with Crippen molar-refractivity contribution in [1.29, 1.82) is 5.26 Å². The minimum absolute atomic E-state index is 0.170. The first kappa shape index (κ1) is 17.6. The molecule has 1 aliphatic rings. The third-order valence-corrected chi connectivity index (χ3v) is 6.44. The van der Waals surface area contributed by atoms with Crippen LogP contribution in [0.3, 0.4) is 0 Å². The fourth-order valence-electron chi connectivity index (χ4n) is 3.09. The van der Waals surface area contributed by atoms with Gasteiger partial charge in [-0.05, 0) is 35.7 Å². The second-order valence-corrected chi connectivity index (χ2v) is 7.96. The number of nitrogens with one attached hydrogen (secondary N) is 1. The predicted molar refractivity (Wildman–Crippen MR) is 96.5 cm³/mol. The summed E-state index contributed by atoms with van der Waals surface area (Å²) in [7, 11) is -3.67. The summed E-state index contributed by atoms with van der Waals surface area (Å²) >= 11 is 0. The molecule has 1 aliphatic heterocycles. The molecule has 0 aliphatic carbocycles. The fraction of sp³-hybridized carbons (Fsp3) is 0.316. The maximum absolute atomic E-state index is 13.2. The maximum atomic E-state index is 13.2. The van der Waals surface area contributed by atoms with Gasteiger partial charge in [0.1, 0.15) is 0 Å². The molecule has 0 radical (unpaired) electrons. The van der Waals surface area contributed by atoms with Crippen LogP contribution in [0.1, 0.15) is 29.7 Å². The molecule has 1 atom stereocenters. The van der Waals surface area contributed by atoms with Crippen molar-refractivity contribution >= 4 is 10.0 Å². The molecule has 130 valence electrons. The van der Waals surface area contributed by atoms with Crippen LogP contribution in [0.2, 0.25) is 0 Å². The molecule has 0 amide bonds. The Morgan fingerprint density at radius 1 is 1.24 bits per heavy atom. The monoisotopic (exact) mass is 355 g/mol. The lowest BCUT2D eigenvalue weighted by Crippen LogP contribution is -2.48. The van der Waals surface area contributed by atoms with E-state index in [4.69, 9.17) is 5.26 Å². The SMILES string of the molecule is CCc1ccc(C2CNCCN2S(=O)(=O)c2cccc(C#N)c2)cc1. The molecule has 2 aromatic carbocycles. The van der Waals surface area contributed by atoms with E-state index in [2.05, 4.69) is 12.2 Å². The molecule has 2 aromatic rings. The van der Waals surface area contributed by atoms with Gasteiger partial charge in [0, 0.05) is 19.6 Å². The highest BCUT2D eigenvalue weighted by atomic mass is 32.2. The van der Waals surface area contributed by atoms with Crippen molar-refractivity contribution in [3.05, 3.63) is 65.2 Å². The molecule has 0 spiro atoms. The number of nitriles is 1. The van der Waals surface area contributed by atoms with Crippen molar-refractivity contribution in [2.45, 2.75) is 24.3 Å². The van der Waals surface area contributed by atoms with Crippen LogP contribution in [0.5, 0.6) is 0 Å². The van der Waals surface area contributed by atoms with E-state index >= 15 is 0 Å². The Hall–Kier alpha value is -2.20. The van der Waals surface area contributed by atoms with E-state index in [1.54, 1.807) is 22.5 Å². The molecule has 0 saturated carbocycles. The third kappa shape index (κ3) is 3.59. The zero-order chi connectivity index (χ0) is 17.9. The third-order valence-electron chi connectivity index (χ3n) is 4.54. The molecule has 0 bridgehead atoms. The smallest absolute Gasteiger partial charge is 0.243 e. The van der Waals surface area contributed by atoms with Crippen LogP contribution in [-0.4, -0.2) is 32.4 Å². The summed E-state index contributed by atoms with van der Waals surface area (Å²) in [6, 6.07) is 16.1. The number of sulfonamides is 1. The molecule has 25 heavy (non-hydrogen) atoms. The Morgan fingerprint density at radius 3 is 2.68 bits per heavy atom. The molecule has 5 nitrogen and oxygen atoms in total. The molecule has 1 N–H and O–H groups in total. The van der Waals surface area contributed by atoms with Crippen LogP contribution in [0.25, 0.3) is 0 Å². The van der Waals surface area contributed by atoms with E-state index in [9.17, 15) is 8.42 Å². The van der Waals surface area contributed by atoms with Gasteiger partial charge >= 0.3 is 0 Å². The summed E-state index contributed by atoms with van der Waals surface area (Å²) < 4.78 is 27.8. The van der Waals surface area contributed by atoms with E-state index in [1.807, 2.05) is 30.3 Å². The standard InChI is InChI=1S/C19H21N3O2S/c1-2-15-6-8-17(9-7-15)19-14-21-10-11-22(19)25(23,24)18-5-3-4-16(12-18)13-20/h3-9,12,19,21H,2,10-11,14H2,1H3. The minimum Gasteiger partial charge on any atom is -0.313 e. The van der Waals surface area contributed by atoms with Crippen molar-refractivity contribution in [3.63, 3.8) is 0 Å². The lowest BCUT2D eigenvalue weighted by molar-refractivity contribution is 0.271. The second-order valence-electron chi connectivity index (χ2n) is 6.07. The van der Waals surface area contributed by atoms with E-state index in [0.29, 0.717) is 25.2 Å². The first-order valence-electron chi connectivity index (χ1n) is 8.38. The van der Waals surface area contributed by atoms with Gasteiger partial charge in [-0.1, -0.05) is 37.3 Å². The van der Waals surface area contributed by atoms with Gasteiger partial charge in [0.15, 0.2) is 0 Å². The summed E-state index contributed by atoms with van der Waals surface area (Å²) in [5.41, 5.74) is 2.55. The Labute approximate surface area is 149 Å². The molecule has 1 unspecified atom stereocenters. The Bertz CT molecular complexity index is 886. The van der Waals surface area contributed by atoms with Gasteiger partial charge in [-0.15, -0.1) is 0 Å². The summed E-state index contributed by atoms with van der Waals surface area (Å²) in [6.07, 6.45) is 0.951. The highest BCUT2D eigenvalue weighted by Gasteiger charge is 2.34. The molecule has 1 heterocycles. The number of aryl methyl sites for hydroxylation is 1. The van der Waals surface area contributed by atoms with E-state index in [0.717, 1.165) is 12.0 Å². The minimum atomic E-state index is -3.67.